The molecule has 174 valence electrons. The molecule has 0 radical (unpaired) electrons. The summed E-state index contributed by atoms with van der Waals surface area (Å²) in [6.45, 7) is 3.05. The van der Waals surface area contributed by atoms with Gasteiger partial charge in [0, 0.05) is 4.47 Å². The third-order valence-corrected chi connectivity index (χ3v) is 7.22. The van der Waals surface area contributed by atoms with Crippen LogP contribution in [-0.2, 0) is 17.9 Å². The van der Waals surface area contributed by atoms with Gasteiger partial charge in [-0.2, -0.15) is 0 Å². The van der Waals surface area contributed by atoms with E-state index in [4.69, 9.17) is 9.47 Å². The largest absolute Gasteiger partial charge is 0.490 e. The number of imide groups is 1. The molecular formula is C26H21BrINO4S. The van der Waals surface area contributed by atoms with E-state index in [9.17, 15) is 9.59 Å². The highest BCUT2D eigenvalue weighted by Gasteiger charge is 2.35. The maximum atomic E-state index is 13.0. The van der Waals surface area contributed by atoms with E-state index in [1.165, 1.54) is 4.90 Å². The Labute approximate surface area is 224 Å². The molecule has 0 unspecified atom stereocenters. The molecule has 0 atom stereocenters. The van der Waals surface area contributed by atoms with Crippen LogP contribution in [0.15, 0.2) is 76.1 Å². The Morgan fingerprint density at radius 2 is 1.74 bits per heavy atom. The highest BCUT2D eigenvalue weighted by molar-refractivity contribution is 14.1. The lowest BCUT2D eigenvalue weighted by atomic mass is 10.1. The average Bonchev–Trinajstić information content (AvgIpc) is 3.08. The number of carbonyl (C=O) groups is 2. The Balaban J connectivity index is 1.55. The van der Waals surface area contributed by atoms with Crippen molar-refractivity contribution in [3.05, 3.63) is 96.4 Å². The number of halogens is 2. The summed E-state index contributed by atoms with van der Waals surface area (Å²) in [5.41, 5.74) is 2.72. The molecule has 8 heteroatoms. The minimum atomic E-state index is -0.296. The van der Waals surface area contributed by atoms with Gasteiger partial charge in [0.2, 0.25) is 0 Å². The molecule has 3 aromatic carbocycles. The van der Waals surface area contributed by atoms with Crippen LogP contribution in [0.2, 0.25) is 0 Å². The van der Waals surface area contributed by atoms with E-state index in [0.29, 0.717) is 29.6 Å². The molecule has 0 aliphatic carbocycles. The third-order valence-electron chi connectivity index (χ3n) is 4.98. The number of thioether (sulfide) groups is 1. The zero-order valence-electron chi connectivity index (χ0n) is 18.3. The lowest BCUT2D eigenvalue weighted by Crippen LogP contribution is -2.27. The number of benzene rings is 3. The molecule has 5 nitrogen and oxygen atoms in total. The zero-order valence-corrected chi connectivity index (χ0v) is 22.9. The van der Waals surface area contributed by atoms with Crippen molar-refractivity contribution >= 4 is 67.5 Å². The lowest BCUT2D eigenvalue weighted by molar-refractivity contribution is -0.123. The number of rotatable bonds is 8. The molecule has 1 aliphatic rings. The molecule has 1 aliphatic heterocycles. The number of ether oxygens (including phenoxy) is 2. The second-order valence-electron chi connectivity index (χ2n) is 7.43. The number of hydrogen-bond donors (Lipinski definition) is 0. The fourth-order valence-electron chi connectivity index (χ4n) is 3.36. The topological polar surface area (TPSA) is 55.8 Å². The van der Waals surface area contributed by atoms with Crippen LogP contribution in [0.25, 0.3) is 6.08 Å². The Bertz CT molecular complexity index is 1230. The van der Waals surface area contributed by atoms with E-state index in [0.717, 1.165) is 36.5 Å². The van der Waals surface area contributed by atoms with Crippen LogP contribution < -0.4 is 9.47 Å². The maximum Gasteiger partial charge on any atom is 0.293 e. The number of nitrogens with zero attached hydrogens (tertiary/aromatic N) is 1. The van der Waals surface area contributed by atoms with Gasteiger partial charge in [0.1, 0.15) is 6.61 Å². The van der Waals surface area contributed by atoms with E-state index in [1.54, 1.807) is 6.08 Å². The minimum absolute atomic E-state index is 0.239. The van der Waals surface area contributed by atoms with Gasteiger partial charge in [0.25, 0.3) is 11.1 Å². The SMILES string of the molecule is CCOc1cc(/C=C2\SC(=O)N(Cc3ccc(Br)cc3)C2=O)cc(I)c1OCc1ccccc1. The van der Waals surface area contributed by atoms with Crippen molar-refractivity contribution in [2.75, 3.05) is 6.61 Å². The Kier molecular flexibility index (Phi) is 8.33. The molecule has 4 rings (SSSR count). The zero-order chi connectivity index (χ0) is 24.1. The van der Waals surface area contributed by atoms with Gasteiger partial charge in [-0.3, -0.25) is 14.5 Å². The van der Waals surface area contributed by atoms with Crippen molar-refractivity contribution in [3.63, 3.8) is 0 Å². The predicted octanol–water partition coefficient (Wildman–Crippen LogP) is 7.27. The summed E-state index contributed by atoms with van der Waals surface area (Å²) < 4.78 is 13.7. The predicted molar refractivity (Wildman–Crippen MR) is 147 cm³/mol. The summed E-state index contributed by atoms with van der Waals surface area (Å²) >= 11 is 6.55. The van der Waals surface area contributed by atoms with Gasteiger partial charge in [-0.1, -0.05) is 58.4 Å². The highest BCUT2D eigenvalue weighted by Crippen LogP contribution is 2.38. The van der Waals surface area contributed by atoms with Crippen LogP contribution >= 0.6 is 50.3 Å². The van der Waals surface area contributed by atoms with E-state index in [2.05, 4.69) is 38.5 Å². The van der Waals surface area contributed by atoms with Gasteiger partial charge < -0.3 is 9.47 Å². The second-order valence-corrected chi connectivity index (χ2v) is 10.5. The molecule has 3 aromatic rings. The highest BCUT2D eigenvalue weighted by atomic mass is 127. The van der Waals surface area contributed by atoms with Crippen LogP contribution in [0, 0.1) is 3.57 Å². The van der Waals surface area contributed by atoms with Crippen molar-refractivity contribution in [2.24, 2.45) is 0 Å². The van der Waals surface area contributed by atoms with E-state index in [-0.39, 0.29) is 17.7 Å². The second kappa shape index (κ2) is 11.4. The Morgan fingerprint density at radius 1 is 1.00 bits per heavy atom. The normalized spacial score (nSPS) is 14.7. The molecular weight excluding hydrogens is 629 g/mol. The van der Waals surface area contributed by atoms with Gasteiger partial charge in [0.15, 0.2) is 11.5 Å². The van der Waals surface area contributed by atoms with E-state index in [1.807, 2.05) is 73.7 Å². The minimum Gasteiger partial charge on any atom is -0.490 e. The summed E-state index contributed by atoms with van der Waals surface area (Å²) in [4.78, 5) is 27.2. The summed E-state index contributed by atoms with van der Waals surface area (Å²) in [5.74, 6) is 0.966. The van der Waals surface area contributed by atoms with Gasteiger partial charge >= 0.3 is 0 Å². The van der Waals surface area contributed by atoms with Crippen LogP contribution in [0.1, 0.15) is 23.6 Å². The first kappa shape index (κ1) is 24.8. The van der Waals surface area contributed by atoms with Crippen LogP contribution in [0.4, 0.5) is 4.79 Å². The Hall–Kier alpha value is -2.30. The van der Waals surface area contributed by atoms with Crippen molar-refractivity contribution in [3.8, 4) is 11.5 Å². The van der Waals surface area contributed by atoms with Crippen molar-refractivity contribution < 1.29 is 19.1 Å². The first-order valence-electron chi connectivity index (χ1n) is 10.6. The molecule has 0 spiro atoms. The van der Waals surface area contributed by atoms with Crippen LogP contribution in [0.3, 0.4) is 0 Å². The fraction of sp³-hybridized carbons (Fsp3) is 0.154. The summed E-state index contributed by atoms with van der Waals surface area (Å²) in [7, 11) is 0. The maximum absolute atomic E-state index is 13.0. The average molecular weight is 650 g/mol. The van der Waals surface area contributed by atoms with Gasteiger partial charge in [-0.15, -0.1) is 0 Å². The monoisotopic (exact) mass is 649 g/mol. The van der Waals surface area contributed by atoms with E-state index >= 15 is 0 Å². The molecule has 1 heterocycles. The van der Waals surface area contributed by atoms with Crippen molar-refractivity contribution in [1.29, 1.82) is 0 Å². The quantitative estimate of drug-likeness (QED) is 0.190. The molecule has 0 aromatic heterocycles. The lowest BCUT2D eigenvalue weighted by Gasteiger charge is -2.15. The molecule has 1 fully saturated rings. The molecule has 2 amide bonds. The molecule has 0 bridgehead atoms. The first-order chi connectivity index (χ1) is 16.4. The smallest absolute Gasteiger partial charge is 0.293 e. The number of carbonyl (C=O) groups excluding carboxylic acids is 2. The molecule has 0 saturated carbocycles. The van der Waals surface area contributed by atoms with Crippen LogP contribution in [0.5, 0.6) is 11.5 Å². The van der Waals surface area contributed by atoms with Crippen molar-refractivity contribution in [1.82, 2.24) is 4.90 Å². The summed E-state index contributed by atoms with van der Waals surface area (Å²) in [6, 6.07) is 21.3. The number of hydrogen-bond acceptors (Lipinski definition) is 5. The molecule has 1 saturated heterocycles. The molecule has 0 N–H and O–H groups in total. The summed E-state index contributed by atoms with van der Waals surface area (Å²) in [6.07, 6.45) is 1.73. The fourth-order valence-corrected chi connectivity index (χ4v) is 5.25. The van der Waals surface area contributed by atoms with Gasteiger partial charge in [0.05, 0.1) is 21.6 Å². The first-order valence-corrected chi connectivity index (χ1v) is 13.3. The summed E-state index contributed by atoms with van der Waals surface area (Å²) in [5, 5.41) is -0.276. The van der Waals surface area contributed by atoms with E-state index < -0.39 is 0 Å². The standard InChI is InChI=1S/C26H21BrINO4S/c1-2-32-22-13-19(12-21(28)24(22)33-16-18-6-4-3-5-7-18)14-23-25(30)29(26(31)34-23)15-17-8-10-20(27)11-9-17/h3-14H,2,15-16H2,1H3/b23-14-. The molecule has 34 heavy (non-hydrogen) atoms. The van der Waals surface area contributed by atoms with Gasteiger partial charge in [-0.05, 0) is 88.3 Å². The van der Waals surface area contributed by atoms with Crippen LogP contribution in [-0.4, -0.2) is 22.7 Å². The third kappa shape index (κ3) is 6.03. The number of amides is 2. The van der Waals surface area contributed by atoms with Crippen molar-refractivity contribution in [2.45, 2.75) is 20.1 Å². The van der Waals surface area contributed by atoms with Gasteiger partial charge in [-0.25, -0.2) is 0 Å². The Morgan fingerprint density at radius 3 is 2.44 bits per heavy atom.